The predicted molar refractivity (Wildman–Crippen MR) is 139 cm³/mol. The number of carboxylic acids is 1. The molecule has 0 saturated heterocycles. The van der Waals surface area contributed by atoms with Gasteiger partial charge in [0.05, 0.1) is 17.0 Å². The van der Waals surface area contributed by atoms with E-state index in [4.69, 9.17) is 5.11 Å². The van der Waals surface area contributed by atoms with Gasteiger partial charge in [0.1, 0.15) is 0 Å². The van der Waals surface area contributed by atoms with Gasteiger partial charge in [0.25, 0.3) is 5.91 Å². The Labute approximate surface area is 207 Å². The van der Waals surface area contributed by atoms with Crippen LogP contribution in [0.1, 0.15) is 28.7 Å². The van der Waals surface area contributed by atoms with Crippen molar-refractivity contribution in [2.45, 2.75) is 19.4 Å². The van der Waals surface area contributed by atoms with Crippen LogP contribution in [-0.2, 0) is 22.6 Å². The molecule has 4 rings (SSSR count). The molecule has 0 radical (unpaired) electrons. The van der Waals surface area contributed by atoms with Gasteiger partial charge in [-0.2, -0.15) is 0 Å². The highest BCUT2D eigenvalue weighted by Crippen LogP contribution is 2.39. The zero-order valence-corrected chi connectivity index (χ0v) is 20.6. The van der Waals surface area contributed by atoms with Crippen LogP contribution in [0, 0.1) is 0 Å². The van der Waals surface area contributed by atoms with Crippen molar-refractivity contribution in [2.24, 2.45) is 0 Å². The fraction of sp³-hybridized carbons (Fsp3) is 0.185. The quantitative estimate of drug-likeness (QED) is 0.344. The van der Waals surface area contributed by atoms with Gasteiger partial charge in [0.15, 0.2) is 0 Å². The Kier molecular flexibility index (Phi) is 7.14. The van der Waals surface area contributed by atoms with Crippen LogP contribution in [0.4, 0.5) is 11.4 Å². The van der Waals surface area contributed by atoms with Gasteiger partial charge in [-0.15, -0.1) is 0 Å². The molecule has 0 fully saturated rings. The van der Waals surface area contributed by atoms with Gasteiger partial charge < -0.3 is 20.6 Å². The minimum atomic E-state index is -0.838. The summed E-state index contributed by atoms with van der Waals surface area (Å²) in [4.78, 5) is 26.3. The summed E-state index contributed by atoms with van der Waals surface area (Å²) in [5.74, 6) is -1.02. The molecule has 3 aromatic rings. The Balaban J connectivity index is 1.78. The first-order valence-electron chi connectivity index (χ1n) is 11.0. The molecule has 0 spiro atoms. The van der Waals surface area contributed by atoms with Gasteiger partial charge >= 0.3 is 5.97 Å². The minimum Gasteiger partial charge on any atom is -0.481 e. The molecule has 0 aromatic heterocycles. The number of fused-ring (bicyclic) bond motifs is 1. The van der Waals surface area contributed by atoms with Crippen LogP contribution in [0.25, 0.3) is 11.3 Å². The van der Waals surface area contributed by atoms with E-state index in [-0.39, 0.29) is 12.3 Å². The maximum absolute atomic E-state index is 13.1. The number of nitrogens with zero attached hydrogens (tertiary/aromatic N) is 1. The molecular formula is C27H26BrN3O3. The third-order valence-electron chi connectivity index (χ3n) is 5.54. The molecule has 1 aliphatic rings. The Morgan fingerprint density at radius 3 is 2.50 bits per heavy atom. The third-order valence-corrected chi connectivity index (χ3v) is 6.03. The van der Waals surface area contributed by atoms with Crippen molar-refractivity contribution in [1.82, 2.24) is 4.90 Å². The molecule has 0 bridgehead atoms. The number of halogens is 1. The number of anilines is 2. The van der Waals surface area contributed by atoms with E-state index in [0.29, 0.717) is 17.7 Å². The Morgan fingerprint density at radius 1 is 1.03 bits per heavy atom. The standard InChI is InChI=1S/C27H26BrN3O3/c1-31(2)16-18-6-10-21(11-7-18)29-26(19-5-3-4-17(14-19)8-13-24(32)33)25-22-12-9-20(28)15-23(22)30-27(25)34/h3-7,9-12,14-15,29H,8,13,16H2,1-2H3,(H,30,34)(H,32,33)/b26-25-. The van der Waals surface area contributed by atoms with Crippen LogP contribution in [0.5, 0.6) is 0 Å². The lowest BCUT2D eigenvalue weighted by atomic mass is 9.97. The predicted octanol–water partition coefficient (Wildman–Crippen LogP) is 5.46. The van der Waals surface area contributed by atoms with Crippen molar-refractivity contribution >= 4 is 50.5 Å². The van der Waals surface area contributed by atoms with Crippen molar-refractivity contribution in [3.8, 4) is 0 Å². The van der Waals surface area contributed by atoms with E-state index in [0.717, 1.165) is 39.1 Å². The number of carbonyl (C=O) groups is 2. The highest BCUT2D eigenvalue weighted by molar-refractivity contribution is 9.10. The van der Waals surface area contributed by atoms with Crippen molar-refractivity contribution in [1.29, 1.82) is 0 Å². The molecule has 3 N–H and O–H groups in total. The molecule has 1 aliphatic heterocycles. The second-order valence-corrected chi connectivity index (χ2v) is 9.46. The fourth-order valence-electron chi connectivity index (χ4n) is 4.01. The summed E-state index contributed by atoms with van der Waals surface area (Å²) < 4.78 is 0.884. The summed E-state index contributed by atoms with van der Waals surface area (Å²) in [6, 6.07) is 21.5. The van der Waals surface area contributed by atoms with Gasteiger partial charge in [0, 0.05) is 28.7 Å². The average molecular weight is 520 g/mol. The molecule has 7 heteroatoms. The number of aryl methyl sites for hydroxylation is 1. The summed E-state index contributed by atoms with van der Waals surface area (Å²) in [6.45, 7) is 0.838. The molecule has 34 heavy (non-hydrogen) atoms. The second kappa shape index (κ2) is 10.2. The van der Waals surface area contributed by atoms with Crippen LogP contribution in [0.3, 0.4) is 0 Å². The third kappa shape index (κ3) is 5.55. The van der Waals surface area contributed by atoms with Crippen LogP contribution < -0.4 is 10.6 Å². The van der Waals surface area contributed by atoms with E-state index in [1.165, 1.54) is 5.56 Å². The molecule has 1 heterocycles. The number of nitrogens with one attached hydrogen (secondary N) is 2. The maximum Gasteiger partial charge on any atom is 0.303 e. The van der Waals surface area contributed by atoms with Crippen molar-refractivity contribution in [3.63, 3.8) is 0 Å². The first kappa shape index (κ1) is 23.7. The highest BCUT2D eigenvalue weighted by Gasteiger charge is 2.28. The van der Waals surface area contributed by atoms with Gasteiger partial charge in [-0.3, -0.25) is 9.59 Å². The minimum absolute atomic E-state index is 0.0491. The number of hydrogen-bond acceptors (Lipinski definition) is 4. The largest absolute Gasteiger partial charge is 0.481 e. The van der Waals surface area contributed by atoms with Gasteiger partial charge in [-0.1, -0.05) is 52.3 Å². The summed E-state index contributed by atoms with van der Waals surface area (Å²) in [5, 5.41) is 15.5. The fourth-order valence-corrected chi connectivity index (χ4v) is 4.37. The van der Waals surface area contributed by atoms with Crippen molar-refractivity contribution in [3.05, 3.63) is 93.5 Å². The zero-order valence-electron chi connectivity index (χ0n) is 19.1. The van der Waals surface area contributed by atoms with Crippen LogP contribution in [0.15, 0.2) is 71.2 Å². The van der Waals surface area contributed by atoms with Crippen LogP contribution >= 0.6 is 15.9 Å². The molecule has 0 unspecified atom stereocenters. The molecule has 0 atom stereocenters. The second-order valence-electron chi connectivity index (χ2n) is 8.55. The lowest BCUT2D eigenvalue weighted by molar-refractivity contribution is -0.137. The molecular weight excluding hydrogens is 494 g/mol. The SMILES string of the molecule is CN(C)Cc1ccc(N/C(=C2\C(=O)Nc3cc(Br)ccc32)c2cccc(CCC(=O)O)c2)cc1. The lowest BCUT2D eigenvalue weighted by Gasteiger charge is -2.16. The summed E-state index contributed by atoms with van der Waals surface area (Å²) in [6.07, 6.45) is 0.466. The van der Waals surface area contributed by atoms with Gasteiger partial charge in [0.2, 0.25) is 0 Å². The molecule has 1 amide bonds. The van der Waals surface area contributed by atoms with Crippen molar-refractivity contribution < 1.29 is 14.7 Å². The molecule has 174 valence electrons. The van der Waals surface area contributed by atoms with E-state index in [2.05, 4.69) is 43.6 Å². The number of hydrogen-bond donors (Lipinski definition) is 3. The molecule has 6 nitrogen and oxygen atoms in total. The van der Waals surface area contributed by atoms with Crippen LogP contribution in [-0.4, -0.2) is 36.0 Å². The Bertz CT molecular complexity index is 1270. The summed E-state index contributed by atoms with van der Waals surface area (Å²) >= 11 is 3.47. The molecule has 0 saturated carbocycles. The van der Waals surface area contributed by atoms with Crippen LogP contribution in [0.2, 0.25) is 0 Å². The molecule has 0 aliphatic carbocycles. The summed E-state index contributed by atoms with van der Waals surface area (Å²) in [7, 11) is 4.06. The normalized spacial score (nSPS) is 14.1. The van der Waals surface area contributed by atoms with E-state index < -0.39 is 5.97 Å². The van der Waals surface area contributed by atoms with Crippen molar-refractivity contribution in [2.75, 3.05) is 24.7 Å². The van der Waals surface area contributed by atoms with Gasteiger partial charge in [-0.25, -0.2) is 0 Å². The summed E-state index contributed by atoms with van der Waals surface area (Å²) in [5.41, 5.74) is 6.56. The Hall–Kier alpha value is -3.42. The lowest BCUT2D eigenvalue weighted by Crippen LogP contribution is -2.11. The number of rotatable bonds is 8. The zero-order chi connectivity index (χ0) is 24.2. The average Bonchev–Trinajstić information content (AvgIpc) is 3.11. The topological polar surface area (TPSA) is 81.7 Å². The first-order chi connectivity index (χ1) is 16.3. The highest BCUT2D eigenvalue weighted by atomic mass is 79.9. The molecule has 3 aromatic carbocycles. The smallest absolute Gasteiger partial charge is 0.303 e. The Morgan fingerprint density at radius 2 is 1.79 bits per heavy atom. The first-order valence-corrected chi connectivity index (χ1v) is 11.8. The maximum atomic E-state index is 13.1. The van der Waals surface area contributed by atoms with E-state index in [1.54, 1.807) is 0 Å². The number of benzene rings is 3. The number of carbonyl (C=O) groups excluding carboxylic acids is 1. The number of carboxylic acid groups (broad SMARTS) is 1. The van der Waals surface area contributed by atoms with Gasteiger partial charge in [-0.05, 0) is 67.5 Å². The van der Waals surface area contributed by atoms with E-state index >= 15 is 0 Å². The number of amides is 1. The number of aliphatic carboxylic acids is 1. The monoisotopic (exact) mass is 519 g/mol. The van der Waals surface area contributed by atoms with E-state index in [9.17, 15) is 9.59 Å². The van der Waals surface area contributed by atoms with E-state index in [1.807, 2.05) is 68.7 Å².